The Labute approximate surface area is 110 Å². The van der Waals surface area contributed by atoms with E-state index in [4.69, 9.17) is 11.6 Å². The number of pyridine rings is 1. The number of rotatable bonds is 4. The number of carbonyl (C=O) groups is 1. The van der Waals surface area contributed by atoms with Crippen LogP contribution in [0.5, 0.6) is 5.88 Å². The number of ether oxygens (including phenoxy) is 2. The topological polar surface area (TPSA) is 48.4 Å². The lowest BCUT2D eigenvalue weighted by Crippen LogP contribution is -2.19. The summed E-state index contributed by atoms with van der Waals surface area (Å²) < 4.78 is 57.7. The maximum atomic E-state index is 13.7. The lowest BCUT2D eigenvalue weighted by molar-refractivity contribution is -0.276. The third kappa shape index (κ3) is 4.55. The van der Waals surface area contributed by atoms with Gasteiger partial charge in [-0.1, -0.05) is 0 Å². The minimum absolute atomic E-state index is 0.255. The average molecular weight is 302 g/mol. The van der Waals surface area contributed by atoms with Gasteiger partial charge in [-0.05, 0) is 0 Å². The van der Waals surface area contributed by atoms with Crippen LogP contribution < -0.4 is 4.74 Å². The van der Waals surface area contributed by atoms with E-state index >= 15 is 0 Å². The summed E-state index contributed by atoms with van der Waals surface area (Å²) in [5, 5.41) is 0. The summed E-state index contributed by atoms with van der Waals surface area (Å²) in [5.74, 6) is -3.09. The van der Waals surface area contributed by atoms with E-state index in [9.17, 15) is 22.4 Å². The molecule has 106 valence electrons. The zero-order chi connectivity index (χ0) is 14.6. The van der Waals surface area contributed by atoms with E-state index in [0.29, 0.717) is 0 Å². The van der Waals surface area contributed by atoms with Crippen LogP contribution in [0.25, 0.3) is 0 Å². The molecule has 0 radical (unpaired) electrons. The third-order valence-electron chi connectivity index (χ3n) is 1.98. The first-order valence-corrected chi connectivity index (χ1v) is 5.37. The predicted molar refractivity (Wildman–Crippen MR) is 56.2 cm³/mol. The fraction of sp³-hybridized carbons (Fsp3) is 0.400. The molecule has 4 nitrogen and oxygen atoms in total. The number of esters is 1. The van der Waals surface area contributed by atoms with Crippen molar-refractivity contribution in [3.63, 3.8) is 0 Å². The Kier molecular flexibility index (Phi) is 4.93. The van der Waals surface area contributed by atoms with E-state index in [0.717, 1.165) is 13.2 Å². The van der Waals surface area contributed by atoms with E-state index in [1.54, 1.807) is 0 Å². The molecule has 0 atom stereocenters. The molecule has 0 bridgehead atoms. The molecule has 19 heavy (non-hydrogen) atoms. The van der Waals surface area contributed by atoms with E-state index < -0.39 is 42.0 Å². The molecule has 1 heterocycles. The van der Waals surface area contributed by atoms with Crippen LogP contribution in [0, 0.1) is 5.82 Å². The van der Waals surface area contributed by atoms with Crippen LogP contribution in [0.15, 0.2) is 6.07 Å². The molecule has 1 rings (SSSR count). The van der Waals surface area contributed by atoms with Crippen LogP contribution in [-0.2, 0) is 21.8 Å². The van der Waals surface area contributed by atoms with Gasteiger partial charge in [-0.3, -0.25) is 4.79 Å². The lowest BCUT2D eigenvalue weighted by atomic mass is 10.2. The molecule has 0 aromatic carbocycles. The van der Waals surface area contributed by atoms with Crippen LogP contribution in [0.2, 0.25) is 0 Å². The molecule has 1 aromatic rings. The number of hydrogen-bond donors (Lipinski definition) is 0. The maximum Gasteiger partial charge on any atom is 0.574 e. The van der Waals surface area contributed by atoms with Gasteiger partial charge in [0.15, 0.2) is 0 Å². The van der Waals surface area contributed by atoms with Gasteiger partial charge in [0, 0.05) is 11.6 Å². The molecule has 0 aliphatic rings. The van der Waals surface area contributed by atoms with Crippen LogP contribution in [0.1, 0.15) is 11.3 Å². The molecular weight excluding hydrogens is 294 g/mol. The van der Waals surface area contributed by atoms with Crippen LogP contribution in [0.4, 0.5) is 17.6 Å². The first-order valence-electron chi connectivity index (χ1n) is 4.83. The number of carbonyl (C=O) groups excluding carboxylic acids is 1. The second-order valence-corrected chi connectivity index (χ2v) is 3.58. The number of aromatic nitrogens is 1. The quantitative estimate of drug-likeness (QED) is 0.487. The van der Waals surface area contributed by atoms with Gasteiger partial charge in [-0.25, -0.2) is 9.37 Å². The summed E-state index contributed by atoms with van der Waals surface area (Å²) in [6, 6.07) is 0.719. The zero-order valence-corrected chi connectivity index (χ0v) is 10.3. The van der Waals surface area contributed by atoms with Gasteiger partial charge >= 0.3 is 12.3 Å². The molecule has 0 spiro atoms. The van der Waals surface area contributed by atoms with Gasteiger partial charge in [0.1, 0.15) is 5.82 Å². The molecular formula is C10H8ClF4NO3. The Bertz CT molecular complexity index is 479. The Hall–Kier alpha value is -1.57. The van der Waals surface area contributed by atoms with Crippen molar-refractivity contribution in [2.24, 2.45) is 0 Å². The number of nitrogens with zero attached hydrogens (tertiary/aromatic N) is 1. The summed E-state index contributed by atoms with van der Waals surface area (Å²) in [6.07, 6.45) is -5.60. The summed E-state index contributed by atoms with van der Waals surface area (Å²) in [4.78, 5) is 14.3. The summed E-state index contributed by atoms with van der Waals surface area (Å²) in [6.45, 7) is 0. The van der Waals surface area contributed by atoms with Gasteiger partial charge in [0.25, 0.3) is 0 Å². The van der Waals surface area contributed by atoms with Gasteiger partial charge in [-0.15, -0.1) is 24.8 Å². The minimum atomic E-state index is -4.98. The van der Waals surface area contributed by atoms with Crippen molar-refractivity contribution in [1.29, 1.82) is 0 Å². The molecule has 1 aromatic heterocycles. The van der Waals surface area contributed by atoms with Crippen LogP contribution in [-0.4, -0.2) is 24.4 Å². The monoisotopic (exact) mass is 301 g/mol. The second kappa shape index (κ2) is 6.05. The van der Waals surface area contributed by atoms with Gasteiger partial charge in [0.05, 0.1) is 25.1 Å². The van der Waals surface area contributed by atoms with Crippen molar-refractivity contribution in [3.8, 4) is 5.88 Å². The summed E-state index contributed by atoms with van der Waals surface area (Å²) in [7, 11) is 1.05. The van der Waals surface area contributed by atoms with E-state index in [2.05, 4.69) is 14.5 Å². The first kappa shape index (κ1) is 15.5. The fourth-order valence-corrected chi connectivity index (χ4v) is 1.40. The average Bonchev–Trinajstić information content (AvgIpc) is 2.30. The molecule has 0 fully saturated rings. The lowest BCUT2D eigenvalue weighted by Gasteiger charge is -2.11. The highest BCUT2D eigenvalue weighted by molar-refractivity contribution is 6.17. The SMILES string of the molecule is COC(=O)Cc1nc(OC(F)(F)F)cc(CCl)c1F. The summed E-state index contributed by atoms with van der Waals surface area (Å²) >= 11 is 5.40. The smallest absolute Gasteiger partial charge is 0.469 e. The largest absolute Gasteiger partial charge is 0.574 e. The molecule has 0 unspecified atom stereocenters. The minimum Gasteiger partial charge on any atom is -0.469 e. The van der Waals surface area contributed by atoms with Gasteiger partial charge in [0.2, 0.25) is 5.88 Å². The number of halogens is 5. The second-order valence-electron chi connectivity index (χ2n) is 3.31. The highest BCUT2D eigenvalue weighted by Gasteiger charge is 2.32. The standard InChI is InChI=1S/C10H8ClF4NO3/c1-18-8(17)3-6-9(12)5(4-11)2-7(16-6)19-10(13,14)15/h2H,3-4H2,1H3. The van der Waals surface area contributed by atoms with E-state index in [-0.39, 0.29) is 5.56 Å². The first-order chi connectivity index (χ1) is 8.76. The van der Waals surface area contributed by atoms with Crippen LogP contribution in [0.3, 0.4) is 0 Å². The van der Waals surface area contributed by atoms with Crippen molar-refractivity contribution in [2.75, 3.05) is 7.11 Å². The zero-order valence-electron chi connectivity index (χ0n) is 9.55. The van der Waals surface area contributed by atoms with Crippen molar-refractivity contribution in [3.05, 3.63) is 23.1 Å². The van der Waals surface area contributed by atoms with Gasteiger partial charge in [-0.2, -0.15) is 0 Å². The molecule has 0 amide bonds. The highest BCUT2D eigenvalue weighted by atomic mass is 35.5. The molecule has 0 aliphatic carbocycles. The molecule has 0 saturated heterocycles. The van der Waals surface area contributed by atoms with E-state index in [1.165, 1.54) is 0 Å². The third-order valence-corrected chi connectivity index (χ3v) is 2.27. The molecule has 9 heteroatoms. The Balaban J connectivity index is 3.14. The normalized spacial score (nSPS) is 11.3. The van der Waals surface area contributed by atoms with E-state index in [1.807, 2.05) is 0 Å². The predicted octanol–water partition coefficient (Wildman–Crippen LogP) is 2.57. The summed E-state index contributed by atoms with van der Waals surface area (Å²) in [5.41, 5.74) is -0.779. The Morgan fingerprint density at radius 2 is 2.11 bits per heavy atom. The Morgan fingerprint density at radius 3 is 2.58 bits per heavy atom. The number of alkyl halides is 4. The highest BCUT2D eigenvalue weighted by Crippen LogP contribution is 2.25. The van der Waals surface area contributed by atoms with Crippen molar-refractivity contribution < 1.29 is 31.8 Å². The van der Waals surface area contributed by atoms with Crippen molar-refractivity contribution in [2.45, 2.75) is 18.7 Å². The van der Waals surface area contributed by atoms with Crippen molar-refractivity contribution in [1.82, 2.24) is 4.98 Å². The van der Waals surface area contributed by atoms with Crippen molar-refractivity contribution >= 4 is 17.6 Å². The Morgan fingerprint density at radius 1 is 1.47 bits per heavy atom. The molecule has 0 aliphatic heterocycles. The number of hydrogen-bond acceptors (Lipinski definition) is 4. The maximum absolute atomic E-state index is 13.7. The fourth-order valence-electron chi connectivity index (χ4n) is 1.21. The number of methoxy groups -OCH3 is 1. The molecule has 0 saturated carbocycles. The van der Waals surface area contributed by atoms with Gasteiger partial charge < -0.3 is 9.47 Å². The van der Waals surface area contributed by atoms with Crippen LogP contribution >= 0.6 is 11.6 Å². The molecule has 0 N–H and O–H groups in total.